The van der Waals surface area contributed by atoms with Crippen molar-refractivity contribution in [2.75, 3.05) is 17.3 Å². The van der Waals surface area contributed by atoms with Crippen molar-refractivity contribution in [1.29, 1.82) is 5.26 Å². The lowest BCUT2D eigenvalue weighted by Crippen LogP contribution is -2.41. The number of aromatic hydroxyl groups is 1. The summed E-state index contributed by atoms with van der Waals surface area (Å²) in [5.74, 6) is -1.31. The van der Waals surface area contributed by atoms with Gasteiger partial charge in [-0.15, -0.1) is 0 Å². The Hall–Kier alpha value is -2.66. The molecule has 0 aliphatic heterocycles. The Morgan fingerprint density at radius 1 is 1.48 bits per heavy atom. The second-order valence-corrected chi connectivity index (χ2v) is 5.50. The fourth-order valence-electron chi connectivity index (χ4n) is 1.63. The number of carbonyl (C=O) groups excluding carboxylic acids is 1. The zero-order chi connectivity index (χ0) is 17.2. The molecule has 0 aromatic heterocycles. The number of carboxylic acid groups (broad SMARTS) is 1. The van der Waals surface area contributed by atoms with Gasteiger partial charge >= 0.3 is 5.97 Å². The standard InChI is InChI=1S/C15H17N3O4S/c1-23-6-5-13(15(21)22)18-14(20)10(8-16)9-17-11-3-2-4-12(19)7-11/h2-4,7,9,13,17,19H,5-6H2,1H3,(H,18,20)(H,21,22)/b10-9-. The first-order chi connectivity index (χ1) is 11.0. The van der Waals surface area contributed by atoms with Crippen molar-refractivity contribution in [2.45, 2.75) is 12.5 Å². The maximum absolute atomic E-state index is 12.0. The van der Waals surface area contributed by atoms with Gasteiger partial charge in [-0.2, -0.15) is 17.0 Å². The van der Waals surface area contributed by atoms with Crippen molar-refractivity contribution in [3.63, 3.8) is 0 Å². The van der Waals surface area contributed by atoms with Gasteiger partial charge < -0.3 is 20.8 Å². The summed E-state index contributed by atoms with van der Waals surface area (Å²) in [6, 6.07) is 6.80. The Morgan fingerprint density at radius 3 is 2.78 bits per heavy atom. The van der Waals surface area contributed by atoms with Gasteiger partial charge in [0.2, 0.25) is 0 Å². The van der Waals surface area contributed by atoms with Gasteiger partial charge in [0.05, 0.1) is 0 Å². The number of hydrogen-bond donors (Lipinski definition) is 4. The number of nitrogens with zero attached hydrogens (tertiary/aromatic N) is 1. The van der Waals surface area contributed by atoms with E-state index in [-0.39, 0.29) is 17.7 Å². The van der Waals surface area contributed by atoms with Crippen molar-refractivity contribution in [3.8, 4) is 11.8 Å². The molecule has 0 bridgehead atoms. The summed E-state index contributed by atoms with van der Waals surface area (Å²) < 4.78 is 0. The Kier molecular flexibility index (Phi) is 7.50. The molecule has 1 amide bonds. The molecule has 122 valence electrons. The predicted molar refractivity (Wildman–Crippen MR) is 88.0 cm³/mol. The van der Waals surface area contributed by atoms with Gasteiger partial charge in [-0.3, -0.25) is 4.79 Å². The molecule has 1 aromatic carbocycles. The molecule has 7 nitrogen and oxygen atoms in total. The molecule has 1 atom stereocenters. The summed E-state index contributed by atoms with van der Waals surface area (Å²) in [4.78, 5) is 23.1. The SMILES string of the molecule is CSCCC(NC(=O)/C(C#N)=C\Nc1cccc(O)c1)C(=O)O. The molecule has 0 aliphatic carbocycles. The third-order valence-corrected chi connectivity index (χ3v) is 3.45. The van der Waals surface area contributed by atoms with Crippen LogP contribution in [0.1, 0.15) is 6.42 Å². The number of carboxylic acids is 1. The number of nitriles is 1. The Labute approximate surface area is 138 Å². The number of phenols is 1. The van der Waals surface area contributed by atoms with Crippen LogP contribution in [0.4, 0.5) is 5.69 Å². The molecule has 0 radical (unpaired) electrons. The smallest absolute Gasteiger partial charge is 0.326 e. The number of anilines is 1. The maximum Gasteiger partial charge on any atom is 0.326 e. The number of thioether (sulfide) groups is 1. The van der Waals surface area contributed by atoms with Crippen molar-refractivity contribution in [3.05, 3.63) is 36.0 Å². The van der Waals surface area contributed by atoms with Crippen LogP contribution in [0.2, 0.25) is 0 Å². The minimum Gasteiger partial charge on any atom is -0.508 e. The lowest BCUT2D eigenvalue weighted by molar-refractivity contribution is -0.141. The van der Waals surface area contributed by atoms with Crippen LogP contribution in [-0.2, 0) is 9.59 Å². The molecule has 1 unspecified atom stereocenters. The van der Waals surface area contributed by atoms with Crippen LogP contribution in [-0.4, -0.2) is 40.1 Å². The Balaban J connectivity index is 2.75. The molecule has 1 aromatic rings. The number of hydrogen-bond acceptors (Lipinski definition) is 6. The van der Waals surface area contributed by atoms with E-state index in [0.29, 0.717) is 11.4 Å². The van der Waals surface area contributed by atoms with E-state index in [4.69, 9.17) is 10.4 Å². The van der Waals surface area contributed by atoms with Crippen molar-refractivity contribution < 1.29 is 19.8 Å². The first-order valence-corrected chi connectivity index (χ1v) is 8.05. The largest absolute Gasteiger partial charge is 0.508 e. The highest BCUT2D eigenvalue weighted by Gasteiger charge is 2.21. The highest BCUT2D eigenvalue weighted by molar-refractivity contribution is 7.98. The van der Waals surface area contributed by atoms with E-state index in [1.165, 1.54) is 23.9 Å². The van der Waals surface area contributed by atoms with Crippen LogP contribution >= 0.6 is 11.8 Å². The summed E-state index contributed by atoms with van der Waals surface area (Å²) in [5.41, 5.74) is 0.228. The average molecular weight is 335 g/mol. The number of amides is 1. The number of rotatable bonds is 8. The van der Waals surface area contributed by atoms with Crippen LogP contribution in [0.25, 0.3) is 0 Å². The quantitative estimate of drug-likeness (QED) is 0.420. The third kappa shape index (κ3) is 6.32. The van der Waals surface area contributed by atoms with Gasteiger partial charge in [0.1, 0.15) is 23.4 Å². The molecular weight excluding hydrogens is 318 g/mol. The summed E-state index contributed by atoms with van der Waals surface area (Å²) in [6.45, 7) is 0. The number of aliphatic carboxylic acids is 1. The van der Waals surface area contributed by atoms with Crippen LogP contribution in [0.5, 0.6) is 5.75 Å². The van der Waals surface area contributed by atoms with Crippen LogP contribution in [0.15, 0.2) is 36.0 Å². The minimum atomic E-state index is -1.15. The van der Waals surface area contributed by atoms with Crippen LogP contribution in [0, 0.1) is 11.3 Å². The molecule has 8 heteroatoms. The van der Waals surface area contributed by atoms with Crippen molar-refractivity contribution >= 4 is 29.3 Å². The van der Waals surface area contributed by atoms with Gasteiger partial charge in [0.15, 0.2) is 0 Å². The topological polar surface area (TPSA) is 122 Å². The lowest BCUT2D eigenvalue weighted by atomic mass is 10.2. The van der Waals surface area contributed by atoms with Gasteiger partial charge in [-0.25, -0.2) is 4.79 Å². The molecule has 23 heavy (non-hydrogen) atoms. The highest BCUT2D eigenvalue weighted by Crippen LogP contribution is 2.15. The normalized spacial score (nSPS) is 12.1. The lowest BCUT2D eigenvalue weighted by Gasteiger charge is -2.13. The number of benzene rings is 1. The van der Waals surface area contributed by atoms with E-state index in [1.807, 2.05) is 6.26 Å². The van der Waals surface area contributed by atoms with Crippen molar-refractivity contribution in [2.24, 2.45) is 0 Å². The minimum absolute atomic E-state index is 0.0365. The number of nitrogens with one attached hydrogen (secondary N) is 2. The first kappa shape index (κ1) is 18.4. The van der Waals surface area contributed by atoms with E-state index in [0.717, 1.165) is 6.20 Å². The molecule has 1 rings (SSSR count). The van der Waals surface area contributed by atoms with Gasteiger partial charge in [-0.1, -0.05) is 6.07 Å². The fraction of sp³-hybridized carbons (Fsp3) is 0.267. The fourth-order valence-corrected chi connectivity index (χ4v) is 2.10. The number of carbonyl (C=O) groups is 2. The Bertz CT molecular complexity index is 640. The number of phenolic OH excluding ortho intramolecular Hbond substituents is 1. The molecule has 0 heterocycles. The molecule has 4 N–H and O–H groups in total. The molecular formula is C15H17N3O4S. The summed E-state index contributed by atoms with van der Waals surface area (Å²) in [7, 11) is 0. The maximum atomic E-state index is 12.0. The first-order valence-electron chi connectivity index (χ1n) is 6.66. The van der Waals surface area contributed by atoms with Crippen LogP contribution < -0.4 is 10.6 Å². The van der Waals surface area contributed by atoms with E-state index >= 15 is 0 Å². The molecule has 0 spiro atoms. The summed E-state index contributed by atoms with van der Waals surface area (Å²) in [6.07, 6.45) is 3.26. The molecule has 0 fully saturated rings. The van der Waals surface area contributed by atoms with Crippen molar-refractivity contribution in [1.82, 2.24) is 5.32 Å². The highest BCUT2D eigenvalue weighted by atomic mass is 32.2. The predicted octanol–water partition coefficient (Wildman–Crippen LogP) is 1.53. The van der Waals surface area contributed by atoms with Crippen LogP contribution in [0.3, 0.4) is 0 Å². The van der Waals surface area contributed by atoms with E-state index in [2.05, 4.69) is 10.6 Å². The van der Waals surface area contributed by atoms with E-state index < -0.39 is 17.9 Å². The summed E-state index contributed by atoms with van der Waals surface area (Å²) >= 11 is 1.47. The zero-order valence-electron chi connectivity index (χ0n) is 12.4. The summed E-state index contributed by atoms with van der Waals surface area (Å²) in [5, 5.41) is 32.5. The molecule has 0 saturated heterocycles. The van der Waals surface area contributed by atoms with E-state index in [1.54, 1.807) is 18.2 Å². The third-order valence-electron chi connectivity index (χ3n) is 2.81. The van der Waals surface area contributed by atoms with Gasteiger partial charge in [0, 0.05) is 18.0 Å². The Morgan fingerprint density at radius 2 is 2.22 bits per heavy atom. The molecule has 0 aliphatic rings. The van der Waals surface area contributed by atoms with E-state index in [9.17, 15) is 14.7 Å². The molecule has 0 saturated carbocycles. The second-order valence-electron chi connectivity index (χ2n) is 4.51. The van der Waals surface area contributed by atoms with Gasteiger partial charge in [0.25, 0.3) is 5.91 Å². The van der Waals surface area contributed by atoms with Gasteiger partial charge in [-0.05, 0) is 30.6 Å². The monoisotopic (exact) mass is 335 g/mol. The zero-order valence-corrected chi connectivity index (χ0v) is 13.3. The second kappa shape index (κ2) is 9.38. The average Bonchev–Trinajstić information content (AvgIpc) is 2.51.